The number of hydrogen-bond donors (Lipinski definition) is 0. The fraction of sp³-hybridized carbons (Fsp3) is 0.273. The lowest BCUT2D eigenvalue weighted by atomic mass is 10.1. The number of benzene rings is 1. The lowest BCUT2D eigenvalue weighted by Crippen LogP contribution is -2.05. The zero-order valence-corrected chi connectivity index (χ0v) is 8.49. The van der Waals surface area contributed by atoms with Crippen LogP contribution in [0.15, 0.2) is 18.2 Å². The molecule has 0 aliphatic heterocycles. The van der Waals surface area contributed by atoms with Crippen molar-refractivity contribution in [1.82, 2.24) is 0 Å². The third-order valence-electron chi connectivity index (χ3n) is 1.91. The molecule has 0 spiro atoms. The van der Waals surface area contributed by atoms with Crippen LogP contribution in [-0.4, -0.2) is 0 Å². The molecule has 0 amide bonds. The predicted molar refractivity (Wildman–Crippen MR) is 53.6 cm³/mol. The standard InChI is InChI=1S/C11H8ClF3/c1-2-3-4-8-7-9(11(13,14)15)5-6-10(8)12/h1,5-7H,3-4H2. The van der Waals surface area contributed by atoms with Crippen LogP contribution in [0.5, 0.6) is 0 Å². The maximum absolute atomic E-state index is 12.3. The summed E-state index contributed by atoms with van der Waals surface area (Å²) in [6.45, 7) is 0. The van der Waals surface area contributed by atoms with Gasteiger partial charge in [0.25, 0.3) is 0 Å². The average molecular weight is 233 g/mol. The molecule has 1 aromatic carbocycles. The van der Waals surface area contributed by atoms with E-state index in [0.717, 1.165) is 12.1 Å². The van der Waals surface area contributed by atoms with E-state index in [1.165, 1.54) is 6.07 Å². The summed E-state index contributed by atoms with van der Waals surface area (Å²) in [5.41, 5.74) is -0.261. The number of halogens is 4. The van der Waals surface area contributed by atoms with Crippen molar-refractivity contribution in [3.8, 4) is 12.3 Å². The van der Waals surface area contributed by atoms with E-state index in [4.69, 9.17) is 18.0 Å². The van der Waals surface area contributed by atoms with Gasteiger partial charge in [-0.15, -0.1) is 12.3 Å². The summed E-state index contributed by atoms with van der Waals surface area (Å²) in [6, 6.07) is 3.25. The van der Waals surface area contributed by atoms with Crippen molar-refractivity contribution in [1.29, 1.82) is 0 Å². The van der Waals surface area contributed by atoms with Crippen LogP contribution < -0.4 is 0 Å². The highest BCUT2D eigenvalue weighted by atomic mass is 35.5. The van der Waals surface area contributed by atoms with E-state index in [9.17, 15) is 13.2 Å². The minimum absolute atomic E-state index is 0.318. The fourth-order valence-electron chi connectivity index (χ4n) is 1.15. The molecule has 4 heteroatoms. The number of aryl methyl sites for hydroxylation is 1. The highest BCUT2D eigenvalue weighted by Gasteiger charge is 2.30. The molecule has 0 atom stereocenters. The maximum atomic E-state index is 12.3. The van der Waals surface area contributed by atoms with Gasteiger partial charge in [-0.3, -0.25) is 0 Å². The van der Waals surface area contributed by atoms with Crippen molar-refractivity contribution in [2.45, 2.75) is 19.0 Å². The molecule has 0 unspecified atom stereocenters. The first-order valence-corrected chi connectivity index (χ1v) is 4.62. The highest BCUT2D eigenvalue weighted by Crippen LogP contribution is 2.32. The summed E-state index contributed by atoms with van der Waals surface area (Å²) in [4.78, 5) is 0. The molecule has 0 aliphatic carbocycles. The minimum Gasteiger partial charge on any atom is -0.166 e. The molecule has 0 radical (unpaired) electrons. The monoisotopic (exact) mass is 232 g/mol. The molecular formula is C11H8ClF3. The summed E-state index contributed by atoms with van der Waals surface area (Å²) in [5, 5.41) is 0.318. The zero-order valence-electron chi connectivity index (χ0n) is 7.74. The Hall–Kier alpha value is -1.14. The molecule has 0 nitrogen and oxygen atoms in total. The molecular weight excluding hydrogens is 225 g/mol. The normalized spacial score (nSPS) is 11.1. The van der Waals surface area contributed by atoms with E-state index in [1.54, 1.807) is 0 Å². The van der Waals surface area contributed by atoms with Crippen molar-refractivity contribution >= 4 is 11.6 Å². The first kappa shape index (κ1) is 11.9. The molecule has 1 rings (SSSR count). The molecule has 0 aromatic heterocycles. The number of alkyl halides is 3. The molecule has 1 aromatic rings. The second kappa shape index (κ2) is 4.59. The first-order valence-electron chi connectivity index (χ1n) is 4.24. The third-order valence-corrected chi connectivity index (χ3v) is 2.28. The van der Waals surface area contributed by atoms with Crippen LogP contribution in [-0.2, 0) is 12.6 Å². The van der Waals surface area contributed by atoms with Gasteiger partial charge in [-0.1, -0.05) is 11.6 Å². The third kappa shape index (κ3) is 3.17. The van der Waals surface area contributed by atoms with Gasteiger partial charge in [0.1, 0.15) is 0 Å². The summed E-state index contributed by atoms with van der Waals surface area (Å²) < 4.78 is 37.0. The lowest BCUT2D eigenvalue weighted by Gasteiger charge is -2.09. The van der Waals surface area contributed by atoms with Crippen molar-refractivity contribution in [2.24, 2.45) is 0 Å². The van der Waals surface area contributed by atoms with Crippen molar-refractivity contribution in [3.63, 3.8) is 0 Å². The molecule has 0 aliphatic rings. The van der Waals surface area contributed by atoms with E-state index in [1.807, 2.05) is 0 Å². The fourth-order valence-corrected chi connectivity index (χ4v) is 1.36. The smallest absolute Gasteiger partial charge is 0.166 e. The van der Waals surface area contributed by atoms with Crippen LogP contribution >= 0.6 is 11.6 Å². The largest absolute Gasteiger partial charge is 0.416 e. The van der Waals surface area contributed by atoms with Crippen LogP contribution in [0.4, 0.5) is 13.2 Å². The van der Waals surface area contributed by atoms with Crippen molar-refractivity contribution < 1.29 is 13.2 Å². The van der Waals surface area contributed by atoms with Crippen molar-refractivity contribution in [3.05, 3.63) is 34.3 Å². The van der Waals surface area contributed by atoms with Gasteiger partial charge in [-0.25, -0.2) is 0 Å². The Morgan fingerprint density at radius 2 is 2.00 bits per heavy atom. The number of terminal acetylenes is 1. The van der Waals surface area contributed by atoms with Gasteiger partial charge in [0.05, 0.1) is 5.56 Å². The summed E-state index contributed by atoms with van der Waals surface area (Å²) >= 11 is 5.75. The van der Waals surface area contributed by atoms with Crippen LogP contribution in [0.2, 0.25) is 5.02 Å². The second-order valence-corrected chi connectivity index (χ2v) is 3.42. The van der Waals surface area contributed by atoms with Crippen LogP contribution in [0, 0.1) is 12.3 Å². The van der Waals surface area contributed by atoms with Gasteiger partial charge in [0.15, 0.2) is 0 Å². The molecule has 0 bridgehead atoms. The lowest BCUT2D eigenvalue weighted by molar-refractivity contribution is -0.137. The molecule has 0 saturated heterocycles. The summed E-state index contributed by atoms with van der Waals surface area (Å²) in [7, 11) is 0. The second-order valence-electron chi connectivity index (χ2n) is 3.01. The Kier molecular flexibility index (Phi) is 3.65. The highest BCUT2D eigenvalue weighted by molar-refractivity contribution is 6.31. The molecule has 0 saturated carbocycles. The first-order chi connectivity index (χ1) is 6.95. The molecule has 0 fully saturated rings. The summed E-state index contributed by atoms with van der Waals surface area (Å²) in [6.07, 6.45) is 1.43. The van der Waals surface area contributed by atoms with E-state index in [0.29, 0.717) is 23.4 Å². The Morgan fingerprint density at radius 1 is 1.33 bits per heavy atom. The predicted octanol–water partition coefficient (Wildman–Crippen LogP) is 3.92. The average Bonchev–Trinajstić information content (AvgIpc) is 2.15. The van der Waals surface area contributed by atoms with E-state index >= 15 is 0 Å². The van der Waals surface area contributed by atoms with Gasteiger partial charge in [-0.2, -0.15) is 13.2 Å². The summed E-state index contributed by atoms with van der Waals surface area (Å²) in [5.74, 6) is 2.36. The van der Waals surface area contributed by atoms with Gasteiger partial charge < -0.3 is 0 Å². The maximum Gasteiger partial charge on any atom is 0.416 e. The van der Waals surface area contributed by atoms with Gasteiger partial charge >= 0.3 is 6.18 Å². The number of hydrogen-bond acceptors (Lipinski definition) is 0. The number of rotatable bonds is 2. The zero-order chi connectivity index (χ0) is 11.5. The SMILES string of the molecule is C#CCCc1cc(C(F)(F)F)ccc1Cl. The van der Waals surface area contributed by atoms with E-state index in [-0.39, 0.29) is 0 Å². The van der Waals surface area contributed by atoms with Gasteiger partial charge in [-0.05, 0) is 30.2 Å². The van der Waals surface area contributed by atoms with Crippen molar-refractivity contribution in [2.75, 3.05) is 0 Å². The van der Waals surface area contributed by atoms with Crippen LogP contribution in [0.25, 0.3) is 0 Å². The quantitative estimate of drug-likeness (QED) is 0.678. The van der Waals surface area contributed by atoms with E-state index < -0.39 is 11.7 Å². The Balaban J connectivity index is 3.01. The minimum atomic E-state index is -4.34. The van der Waals surface area contributed by atoms with Gasteiger partial charge in [0, 0.05) is 11.4 Å². The van der Waals surface area contributed by atoms with E-state index in [2.05, 4.69) is 5.92 Å². The van der Waals surface area contributed by atoms with Crippen LogP contribution in [0.1, 0.15) is 17.5 Å². The topological polar surface area (TPSA) is 0 Å². The Labute approximate surface area is 91.1 Å². The molecule has 15 heavy (non-hydrogen) atoms. The molecule has 80 valence electrons. The Bertz CT molecular complexity index is 388. The van der Waals surface area contributed by atoms with Crippen LogP contribution in [0.3, 0.4) is 0 Å². The molecule has 0 N–H and O–H groups in total. The Morgan fingerprint density at radius 3 is 2.53 bits per heavy atom. The van der Waals surface area contributed by atoms with Gasteiger partial charge in [0.2, 0.25) is 0 Å². The molecule has 0 heterocycles.